The Labute approximate surface area is 48.6 Å². The summed E-state index contributed by atoms with van der Waals surface area (Å²) in [6, 6.07) is 0. The average Bonchev–Trinajstić information content (AvgIpc) is 1.61. The van der Waals surface area contributed by atoms with Crippen molar-refractivity contribution in [2.24, 2.45) is 7.54 Å². The molecule has 0 aliphatic heterocycles. The predicted octanol–water partition coefficient (Wildman–Crippen LogP) is 0.530. The maximum absolute atomic E-state index is 7.82. The van der Waals surface area contributed by atoms with Crippen LogP contribution in [0.25, 0.3) is 0 Å². The van der Waals surface area contributed by atoms with Gasteiger partial charge in [-0.3, -0.25) is 0 Å². The van der Waals surface area contributed by atoms with Crippen LogP contribution < -0.4 is 4.78 Å². The molecule has 0 N–H and O–H groups in total. The van der Waals surface area contributed by atoms with Gasteiger partial charge in [-0.15, -0.1) is 7.54 Å². The van der Waals surface area contributed by atoms with Crippen LogP contribution >= 0.6 is 12.1 Å². The van der Waals surface area contributed by atoms with Crippen molar-refractivity contribution < 1.29 is 0 Å². The molecule has 1 radical (unpaired) electrons. The second-order valence-corrected chi connectivity index (χ2v) is 1.83. The van der Waals surface area contributed by atoms with E-state index in [-0.39, 0.29) is 0 Å². The highest BCUT2D eigenvalue weighted by atomic mass is 32.2. The number of hydrogen-bond acceptors (Lipinski definition) is 4. The van der Waals surface area contributed by atoms with Crippen LogP contribution in [0.1, 0.15) is 0 Å². The Kier molecular flexibility index (Phi) is 5.35. The van der Waals surface area contributed by atoms with E-state index in [1.54, 1.807) is 0 Å². The molecule has 0 amide bonds. The molecule has 0 rings (SSSR count). The van der Waals surface area contributed by atoms with E-state index in [4.69, 9.17) is 4.78 Å². The number of hydrogen-bond donors (Lipinski definition) is 0. The minimum Gasteiger partial charge on any atom is -0.122 e. The number of nitrogens with zero attached hydrogens (tertiary/aromatic N) is 3. The maximum atomic E-state index is 7.82. The topological polar surface area (TPSA) is 47.0 Å². The molecule has 0 atom stereocenters. The zero-order valence-electron chi connectivity index (χ0n) is 2.57. The van der Waals surface area contributed by atoms with Crippen LogP contribution in [0.5, 0.6) is 0 Å². The largest absolute Gasteiger partial charge is 0.142 e. The summed E-state index contributed by atoms with van der Waals surface area (Å²) in [5, 5.41) is 0. The third-order valence-electron chi connectivity index (χ3n) is 0.100. The number of rotatable bonds is 2. The molecular weight excluding hydrogens is 138 g/mol. The van der Waals surface area contributed by atoms with Gasteiger partial charge in [0.1, 0.15) is 23.5 Å². The molecule has 0 unspecified atom stereocenters. The summed E-state index contributed by atoms with van der Waals surface area (Å²) in [5.74, 6) is 0. The Balaban J connectivity index is 3.07. The van der Waals surface area contributed by atoms with E-state index >= 15 is 0 Å². The van der Waals surface area contributed by atoms with Crippen molar-refractivity contribution in [2.45, 2.75) is 0 Å². The minimum absolute atomic E-state index is 0.354. The monoisotopic (exact) mass is 138 g/mol. The van der Waals surface area contributed by atoms with Crippen LogP contribution in [-0.4, -0.2) is 0 Å². The molecule has 0 aliphatic rings. The van der Waals surface area contributed by atoms with Crippen LogP contribution in [0.3, 0.4) is 0 Å². The van der Waals surface area contributed by atoms with Crippen molar-refractivity contribution in [3.63, 3.8) is 0 Å². The van der Waals surface area contributed by atoms with E-state index in [1.807, 2.05) is 0 Å². The summed E-state index contributed by atoms with van der Waals surface area (Å²) in [4.78, 5) is 0. The van der Waals surface area contributed by atoms with Crippen molar-refractivity contribution in [3.05, 3.63) is 0 Å². The standard InChI is InChI=1S/N3S3/c1-5-3-6-2-4. The van der Waals surface area contributed by atoms with Gasteiger partial charge in [0.25, 0.3) is 0 Å². The molecule has 6 heteroatoms. The summed E-state index contributed by atoms with van der Waals surface area (Å²) >= 11 is 5.23. The first kappa shape index (κ1) is 6.19. The second-order valence-electron chi connectivity index (χ2n) is 0.312. The van der Waals surface area contributed by atoms with Crippen LogP contribution in [-0.2, 0) is 23.8 Å². The predicted molar refractivity (Wildman–Crippen MR) is 29.3 cm³/mol. The van der Waals surface area contributed by atoms with E-state index in [0.29, 0.717) is 11.4 Å². The highest BCUT2D eigenvalue weighted by Gasteiger charge is 1.61. The molecule has 0 saturated carbocycles. The summed E-state index contributed by atoms with van der Waals surface area (Å²) < 4.78 is 14.1. The SMILES string of the molecule is [N]=S=NSN=S. The van der Waals surface area contributed by atoms with E-state index in [0.717, 1.165) is 12.1 Å². The average molecular weight is 138 g/mol. The zero-order chi connectivity index (χ0) is 4.83. The molecule has 0 spiro atoms. The van der Waals surface area contributed by atoms with Gasteiger partial charge in [-0.05, 0) is 0 Å². The van der Waals surface area contributed by atoms with Crippen molar-refractivity contribution in [3.8, 4) is 0 Å². The van der Waals surface area contributed by atoms with E-state index in [1.165, 1.54) is 0 Å². The molecule has 0 aromatic heterocycles. The van der Waals surface area contributed by atoms with E-state index in [2.05, 4.69) is 20.0 Å². The van der Waals surface area contributed by atoms with Gasteiger partial charge in [0.2, 0.25) is 0 Å². The molecule has 0 bridgehead atoms. The first-order chi connectivity index (χ1) is 2.91. The zero-order valence-corrected chi connectivity index (χ0v) is 5.02. The van der Waals surface area contributed by atoms with Crippen LogP contribution in [0.15, 0.2) is 7.54 Å². The fourth-order valence-electron chi connectivity index (χ4n) is 0.0285. The Morgan fingerprint density at radius 1 is 1.67 bits per heavy atom. The lowest BCUT2D eigenvalue weighted by molar-refractivity contribution is 1.94. The molecule has 3 nitrogen and oxygen atoms in total. The molecule has 0 aliphatic carbocycles. The highest BCUT2D eigenvalue weighted by molar-refractivity contribution is 8.01. The smallest absolute Gasteiger partial charge is 0.122 e. The van der Waals surface area contributed by atoms with Gasteiger partial charge in [0, 0.05) is 0 Å². The lowest BCUT2D eigenvalue weighted by atomic mass is 13.9. The first-order valence-electron chi connectivity index (χ1n) is 0.913. The lowest BCUT2D eigenvalue weighted by Crippen LogP contribution is -1.35. The molecule has 33 valence electrons. The second kappa shape index (κ2) is 5.19. The van der Waals surface area contributed by atoms with Gasteiger partial charge < -0.3 is 0 Å². The van der Waals surface area contributed by atoms with Crippen molar-refractivity contribution in [1.29, 1.82) is 0 Å². The van der Waals surface area contributed by atoms with Crippen LogP contribution in [0.4, 0.5) is 0 Å². The fraction of sp³-hybridized carbons (Fsp3) is 0. The van der Waals surface area contributed by atoms with Gasteiger partial charge in [-0.2, -0.15) is 0 Å². The van der Waals surface area contributed by atoms with Crippen molar-refractivity contribution >= 4 is 35.9 Å². The van der Waals surface area contributed by atoms with Gasteiger partial charge in [-0.1, -0.05) is 4.78 Å². The Bertz CT molecular complexity index is 80.0. The van der Waals surface area contributed by atoms with E-state index in [9.17, 15) is 0 Å². The lowest BCUT2D eigenvalue weighted by Gasteiger charge is -1.60. The summed E-state index contributed by atoms with van der Waals surface area (Å²) in [6.45, 7) is 0. The maximum Gasteiger partial charge on any atom is 0.142 e. The highest BCUT2D eigenvalue weighted by Crippen LogP contribution is 1.97. The van der Waals surface area contributed by atoms with Crippen LogP contribution in [0, 0.1) is 0 Å². The minimum atomic E-state index is 0.354. The van der Waals surface area contributed by atoms with Crippen molar-refractivity contribution in [1.82, 2.24) is 4.78 Å². The third kappa shape index (κ3) is 4.19. The third-order valence-corrected chi connectivity index (χ3v) is 0.900. The van der Waals surface area contributed by atoms with Gasteiger partial charge in [-0.25, -0.2) is 0 Å². The Morgan fingerprint density at radius 3 is 2.50 bits per heavy atom. The first-order valence-corrected chi connectivity index (χ1v) is 2.74. The fourth-order valence-corrected chi connectivity index (χ4v) is 0.502. The molecule has 6 heavy (non-hydrogen) atoms. The molecular formula is N3S3. The Morgan fingerprint density at radius 2 is 2.33 bits per heavy atom. The molecule has 0 aromatic carbocycles. The quantitative estimate of drug-likeness (QED) is 0.522. The summed E-state index contributed by atoms with van der Waals surface area (Å²) in [6.07, 6.45) is 0. The molecule has 0 saturated heterocycles. The van der Waals surface area contributed by atoms with Gasteiger partial charge >= 0.3 is 0 Å². The van der Waals surface area contributed by atoms with Crippen molar-refractivity contribution in [2.75, 3.05) is 0 Å². The summed E-state index contributed by atoms with van der Waals surface area (Å²) in [7, 11) is 0. The van der Waals surface area contributed by atoms with Gasteiger partial charge in [0.05, 0.1) is 12.4 Å². The molecule has 0 heterocycles. The van der Waals surface area contributed by atoms with E-state index < -0.39 is 0 Å². The van der Waals surface area contributed by atoms with Crippen LogP contribution in [0.2, 0.25) is 0 Å². The summed E-state index contributed by atoms with van der Waals surface area (Å²) in [5.41, 5.74) is 0. The normalized spacial score (nSPS) is 6.67. The van der Waals surface area contributed by atoms with Gasteiger partial charge in [0.15, 0.2) is 0 Å². The molecule has 0 aromatic rings. The molecule has 0 fully saturated rings. The Hall–Kier alpha value is 0.190.